The first-order valence-corrected chi connectivity index (χ1v) is 11.7. The van der Waals surface area contributed by atoms with Crippen LogP contribution in [0.15, 0.2) is 88.0 Å². The van der Waals surface area contributed by atoms with Crippen molar-refractivity contribution >= 4 is 21.2 Å². The van der Waals surface area contributed by atoms with Gasteiger partial charge in [0.25, 0.3) is 5.69 Å². The van der Waals surface area contributed by atoms with E-state index < -0.39 is 20.6 Å². The number of nitro benzene ring substituents is 1. The van der Waals surface area contributed by atoms with Gasteiger partial charge < -0.3 is 0 Å². The van der Waals surface area contributed by atoms with Crippen molar-refractivity contribution in [2.45, 2.75) is 23.4 Å². The van der Waals surface area contributed by atoms with Crippen molar-refractivity contribution in [3.05, 3.63) is 111 Å². The quantitative estimate of drug-likeness (QED) is 0.320. The van der Waals surface area contributed by atoms with Gasteiger partial charge in [-0.25, -0.2) is 17.8 Å². The Kier molecular flexibility index (Phi) is 5.09. The summed E-state index contributed by atoms with van der Waals surface area (Å²) in [7, 11) is -3.97. The number of halogens is 1. The second kappa shape index (κ2) is 7.99. The lowest BCUT2D eigenvalue weighted by Gasteiger charge is -2.12. The molecule has 0 fully saturated rings. The zero-order valence-corrected chi connectivity index (χ0v) is 18.7. The molecule has 1 aliphatic rings. The van der Waals surface area contributed by atoms with Gasteiger partial charge in [-0.1, -0.05) is 29.8 Å². The Labute approximate surface area is 194 Å². The molecule has 0 saturated carbocycles. The lowest BCUT2D eigenvalue weighted by molar-refractivity contribution is -0.384. The van der Waals surface area contributed by atoms with Crippen LogP contribution in [-0.2, 0) is 16.4 Å². The molecule has 0 aliphatic carbocycles. The number of aromatic nitrogens is 2. The van der Waals surface area contributed by atoms with E-state index in [1.54, 1.807) is 18.2 Å². The highest BCUT2D eigenvalue weighted by atomic mass is 32.2. The highest BCUT2D eigenvalue weighted by Gasteiger charge is 2.30. The normalized spacial score (nSPS) is 12.9. The summed E-state index contributed by atoms with van der Waals surface area (Å²) in [5.74, 6) is -0.545. The first-order valence-electron chi connectivity index (χ1n) is 10.2. The maximum Gasteiger partial charge on any atom is 0.270 e. The third-order valence-corrected chi connectivity index (χ3v) is 7.38. The van der Waals surface area contributed by atoms with E-state index in [-0.39, 0.29) is 39.1 Å². The molecule has 170 valence electrons. The lowest BCUT2D eigenvalue weighted by atomic mass is 9.99. The number of fused-ring (bicyclic) bond motifs is 3. The molecule has 0 radical (unpaired) electrons. The minimum absolute atomic E-state index is 0.0890. The smallest absolute Gasteiger partial charge is 0.270 e. The summed E-state index contributed by atoms with van der Waals surface area (Å²) < 4.78 is 43.0. The van der Waals surface area contributed by atoms with Crippen LogP contribution in [0.1, 0.15) is 22.4 Å². The van der Waals surface area contributed by atoms with E-state index >= 15 is 0 Å². The first kappa shape index (κ1) is 21.7. The van der Waals surface area contributed by atoms with Crippen LogP contribution in [0.4, 0.5) is 10.1 Å². The highest BCUT2D eigenvalue weighted by molar-refractivity contribution is 7.91. The van der Waals surface area contributed by atoms with Gasteiger partial charge in [0, 0.05) is 23.3 Å². The Bertz CT molecular complexity index is 1590. The molecule has 0 N–H and O–H groups in total. The van der Waals surface area contributed by atoms with E-state index in [1.807, 2.05) is 6.92 Å². The van der Waals surface area contributed by atoms with E-state index in [1.165, 1.54) is 59.4 Å². The molecule has 0 amide bonds. The van der Waals surface area contributed by atoms with Gasteiger partial charge in [0.1, 0.15) is 12.1 Å². The van der Waals surface area contributed by atoms with Crippen molar-refractivity contribution in [3.63, 3.8) is 0 Å². The summed E-state index contributed by atoms with van der Waals surface area (Å²) >= 11 is 0. The number of imidazole rings is 1. The van der Waals surface area contributed by atoms with Gasteiger partial charge in [0.15, 0.2) is 5.03 Å². The van der Waals surface area contributed by atoms with Crippen molar-refractivity contribution in [1.82, 2.24) is 9.55 Å². The topological polar surface area (TPSA) is 107 Å². The average Bonchev–Trinajstić information content (AvgIpc) is 3.18. The van der Waals surface area contributed by atoms with Crippen LogP contribution in [0.25, 0.3) is 5.69 Å². The Balaban J connectivity index is 1.75. The number of nitrogens with zero attached hydrogens (tertiary/aromatic N) is 4. The molecular formula is C24H17FN4O4S. The summed E-state index contributed by atoms with van der Waals surface area (Å²) in [6.07, 6.45) is 1.35. The predicted octanol–water partition coefficient (Wildman–Crippen LogP) is 4.41. The molecular weight excluding hydrogens is 459 g/mol. The summed E-state index contributed by atoms with van der Waals surface area (Å²) in [5.41, 5.74) is 2.07. The molecule has 0 atom stereocenters. The first-order chi connectivity index (χ1) is 16.3. The van der Waals surface area contributed by atoms with Crippen LogP contribution in [0.2, 0.25) is 0 Å². The van der Waals surface area contributed by atoms with Crippen LogP contribution >= 0.6 is 0 Å². The number of sulfone groups is 1. The maximum atomic E-state index is 14.7. The number of hydrogen-bond acceptors (Lipinski definition) is 6. The monoisotopic (exact) mass is 476 g/mol. The molecule has 4 aromatic rings. The molecule has 0 bridgehead atoms. The van der Waals surface area contributed by atoms with E-state index in [9.17, 15) is 22.9 Å². The predicted molar refractivity (Wildman–Crippen MR) is 123 cm³/mol. The largest absolute Gasteiger partial charge is 0.299 e. The van der Waals surface area contributed by atoms with E-state index in [0.29, 0.717) is 11.3 Å². The molecule has 5 rings (SSSR count). The fourth-order valence-electron chi connectivity index (χ4n) is 3.92. The third kappa shape index (κ3) is 3.48. The Morgan fingerprint density at radius 1 is 1.03 bits per heavy atom. The molecule has 1 aromatic heterocycles. The SMILES string of the molecule is Cc1ccc(S(=O)(=O)c2ncn3c2CN=C(c2ccccc2F)c2cc([N+](=O)[O-])ccc2-3)cc1. The van der Waals surface area contributed by atoms with Crippen LogP contribution < -0.4 is 0 Å². The highest BCUT2D eigenvalue weighted by Crippen LogP contribution is 2.32. The minimum Gasteiger partial charge on any atom is -0.299 e. The molecule has 0 unspecified atom stereocenters. The molecule has 3 aromatic carbocycles. The summed E-state index contributed by atoms with van der Waals surface area (Å²) in [5, 5.41) is 11.3. The number of nitro groups is 1. The van der Waals surface area contributed by atoms with Gasteiger partial charge in [-0.05, 0) is 37.3 Å². The third-order valence-electron chi connectivity index (χ3n) is 5.64. The number of aliphatic imine (C=N–C) groups is 1. The van der Waals surface area contributed by atoms with Crippen molar-refractivity contribution in [2.75, 3.05) is 0 Å². The second-order valence-corrected chi connectivity index (χ2v) is 9.65. The van der Waals surface area contributed by atoms with Crippen molar-refractivity contribution in [1.29, 1.82) is 0 Å². The van der Waals surface area contributed by atoms with Crippen LogP contribution in [0, 0.1) is 22.9 Å². The second-order valence-electron chi connectivity index (χ2n) is 7.79. The van der Waals surface area contributed by atoms with Gasteiger partial charge in [-0.3, -0.25) is 19.7 Å². The number of aryl methyl sites for hydroxylation is 1. The zero-order valence-electron chi connectivity index (χ0n) is 17.8. The van der Waals surface area contributed by atoms with Crippen LogP contribution in [0.5, 0.6) is 0 Å². The van der Waals surface area contributed by atoms with Crippen molar-refractivity contribution < 1.29 is 17.7 Å². The van der Waals surface area contributed by atoms with Gasteiger partial charge in [-0.15, -0.1) is 0 Å². The summed E-state index contributed by atoms with van der Waals surface area (Å²) in [6, 6.07) is 16.5. The molecule has 2 heterocycles. The van der Waals surface area contributed by atoms with Gasteiger partial charge >= 0.3 is 0 Å². The number of non-ortho nitro benzene ring substituents is 1. The van der Waals surface area contributed by atoms with E-state index in [2.05, 4.69) is 9.98 Å². The molecule has 0 saturated heterocycles. The lowest BCUT2D eigenvalue weighted by Crippen LogP contribution is -2.09. The molecule has 1 aliphatic heterocycles. The molecule has 34 heavy (non-hydrogen) atoms. The van der Waals surface area contributed by atoms with E-state index in [0.717, 1.165) is 5.56 Å². The van der Waals surface area contributed by atoms with Crippen molar-refractivity contribution in [2.24, 2.45) is 4.99 Å². The minimum atomic E-state index is -3.97. The number of rotatable bonds is 4. The molecule has 8 nitrogen and oxygen atoms in total. The van der Waals surface area contributed by atoms with Gasteiger partial charge in [-0.2, -0.15) is 0 Å². The van der Waals surface area contributed by atoms with Gasteiger partial charge in [0.05, 0.1) is 33.5 Å². The Hall–Kier alpha value is -4.18. The van der Waals surface area contributed by atoms with E-state index in [4.69, 9.17) is 0 Å². The van der Waals surface area contributed by atoms with Crippen molar-refractivity contribution in [3.8, 4) is 5.69 Å². The van der Waals surface area contributed by atoms with Crippen LogP contribution in [0.3, 0.4) is 0 Å². The fraction of sp³-hybridized carbons (Fsp3) is 0.0833. The average molecular weight is 476 g/mol. The Morgan fingerprint density at radius 2 is 1.76 bits per heavy atom. The number of benzene rings is 3. The maximum absolute atomic E-state index is 14.7. The summed E-state index contributed by atoms with van der Waals surface area (Å²) in [4.78, 5) is 19.7. The van der Waals surface area contributed by atoms with Gasteiger partial charge in [0.2, 0.25) is 9.84 Å². The molecule has 10 heteroatoms. The Morgan fingerprint density at radius 3 is 2.47 bits per heavy atom. The zero-order chi connectivity index (χ0) is 24.0. The molecule has 0 spiro atoms. The fourth-order valence-corrected chi connectivity index (χ4v) is 5.30. The summed E-state index contributed by atoms with van der Waals surface area (Å²) in [6.45, 7) is 1.74. The number of hydrogen-bond donors (Lipinski definition) is 0. The van der Waals surface area contributed by atoms with Crippen LogP contribution in [-0.4, -0.2) is 28.6 Å². The standard InChI is InChI=1S/C24H17FN4O4S/c1-15-6-9-17(10-7-15)34(32,33)24-22-13-26-23(18-4-2-3-5-20(18)25)19-12-16(29(30)31)8-11-21(19)28(22)14-27-24/h2-12,14H,13H2,1H3.